The molecule has 0 saturated heterocycles. The third-order valence-electron chi connectivity index (χ3n) is 13.7. The minimum absolute atomic E-state index is 0.0401. The highest BCUT2D eigenvalue weighted by molar-refractivity contribution is 7.47. The standard InChI is InChI=1S/C73H122NO8P/c1-3-5-7-9-11-13-15-17-19-21-23-25-27-28-29-30-31-32-33-34-35-36-37-38-39-40-41-42-44-46-48-50-52-54-56-58-60-62-64-66-73(76)82-71(70-81-83(77,78)80-68-67-74)69-79-72(75)65-63-61-59-57-55-53-51-49-47-45-43-26-24-22-20-18-16-14-12-10-8-6-4-2/h5,7,11,13,17,19,23,25,28-29,31-32,34-35,37-38,40-41,44,46,50,52,56,58,71H,3-4,6,8-10,12,14-16,18,20-22,24,26-27,30,33,36,39,42-43,45,47-49,51,53-55,57,59-70,74H2,1-2H3,(H,77,78)/b7-5-,13-11-,19-17-,25-23-,29-28-,32-31-,35-34-,38-37-,41-40-,46-44-,52-50-,58-56-. The molecule has 0 amide bonds. The molecule has 0 aromatic rings. The summed E-state index contributed by atoms with van der Waals surface area (Å²) in [5, 5.41) is 0. The van der Waals surface area contributed by atoms with Gasteiger partial charge in [0.05, 0.1) is 13.2 Å². The quantitative estimate of drug-likeness (QED) is 0.0264. The number of carbonyl (C=O) groups is 2. The van der Waals surface area contributed by atoms with Gasteiger partial charge in [-0.05, 0) is 103 Å². The number of phosphoric acid groups is 1. The van der Waals surface area contributed by atoms with Crippen molar-refractivity contribution in [2.24, 2.45) is 5.73 Å². The Kier molecular flexibility index (Phi) is 63.7. The van der Waals surface area contributed by atoms with E-state index in [1.807, 2.05) is 0 Å². The fourth-order valence-electron chi connectivity index (χ4n) is 8.85. The van der Waals surface area contributed by atoms with Gasteiger partial charge in [0.2, 0.25) is 0 Å². The van der Waals surface area contributed by atoms with E-state index in [4.69, 9.17) is 24.3 Å². The molecule has 0 aliphatic rings. The van der Waals surface area contributed by atoms with Crippen molar-refractivity contribution in [2.75, 3.05) is 26.4 Å². The van der Waals surface area contributed by atoms with E-state index in [0.29, 0.717) is 6.42 Å². The zero-order chi connectivity index (χ0) is 60.1. The van der Waals surface area contributed by atoms with Crippen molar-refractivity contribution in [3.63, 3.8) is 0 Å². The van der Waals surface area contributed by atoms with Crippen LogP contribution in [-0.4, -0.2) is 49.3 Å². The van der Waals surface area contributed by atoms with Gasteiger partial charge in [0.15, 0.2) is 6.10 Å². The highest BCUT2D eigenvalue weighted by atomic mass is 31.2. The third-order valence-corrected chi connectivity index (χ3v) is 14.7. The summed E-state index contributed by atoms with van der Waals surface area (Å²) in [5.41, 5.74) is 5.39. The van der Waals surface area contributed by atoms with Crippen LogP contribution in [0.5, 0.6) is 0 Å². The molecule has 0 saturated carbocycles. The number of nitrogens with two attached hydrogens (primary N) is 1. The summed E-state index contributed by atoms with van der Waals surface area (Å²) in [6, 6.07) is 0. The van der Waals surface area contributed by atoms with Gasteiger partial charge in [0, 0.05) is 19.4 Å². The number of unbranched alkanes of at least 4 members (excludes halogenated alkanes) is 24. The topological polar surface area (TPSA) is 134 Å². The zero-order valence-electron chi connectivity index (χ0n) is 52.9. The number of hydrogen-bond donors (Lipinski definition) is 2. The number of carbonyl (C=O) groups excluding carboxylic acids is 2. The minimum Gasteiger partial charge on any atom is -0.462 e. The summed E-state index contributed by atoms with van der Waals surface area (Å²) >= 11 is 0. The minimum atomic E-state index is -4.41. The predicted molar refractivity (Wildman–Crippen MR) is 357 cm³/mol. The van der Waals surface area contributed by atoms with Gasteiger partial charge >= 0.3 is 19.8 Å². The molecule has 0 radical (unpaired) electrons. The maximum Gasteiger partial charge on any atom is 0.472 e. The van der Waals surface area contributed by atoms with E-state index in [1.165, 1.54) is 128 Å². The lowest BCUT2D eigenvalue weighted by molar-refractivity contribution is -0.161. The Labute approximate surface area is 509 Å². The average Bonchev–Trinajstić information content (AvgIpc) is 3.48. The Balaban J connectivity index is 4.06. The molecule has 3 N–H and O–H groups in total. The first-order valence-corrected chi connectivity index (χ1v) is 34.8. The van der Waals surface area contributed by atoms with Gasteiger partial charge in [-0.15, -0.1) is 0 Å². The second-order valence-corrected chi connectivity index (χ2v) is 23.1. The fourth-order valence-corrected chi connectivity index (χ4v) is 9.62. The Morgan fingerprint density at radius 3 is 0.988 bits per heavy atom. The van der Waals surface area contributed by atoms with E-state index in [-0.39, 0.29) is 32.6 Å². The van der Waals surface area contributed by atoms with Crippen LogP contribution in [0, 0.1) is 0 Å². The average molecular weight is 1170 g/mol. The van der Waals surface area contributed by atoms with Crippen molar-refractivity contribution in [3.05, 3.63) is 146 Å². The molecule has 9 nitrogen and oxygen atoms in total. The SMILES string of the molecule is CC/C=C\C/C=C\C/C=C\C/C=C\C/C=C\C/C=C\C/C=C\C/C=C\C/C=C\C/C=C\C/C=C\C/C=C\CCCCC(=O)OC(COC(=O)CCCCCCCCCCCCCCCCCCCCCCCCC)COP(=O)(O)OCCN. The summed E-state index contributed by atoms with van der Waals surface area (Å²) in [6.07, 6.45) is 96.5. The molecule has 0 rings (SSSR count). The molecule has 10 heteroatoms. The highest BCUT2D eigenvalue weighted by Gasteiger charge is 2.26. The summed E-state index contributed by atoms with van der Waals surface area (Å²) in [4.78, 5) is 35.3. The van der Waals surface area contributed by atoms with Gasteiger partial charge in [-0.3, -0.25) is 18.6 Å². The second kappa shape index (κ2) is 67.0. The van der Waals surface area contributed by atoms with Crippen molar-refractivity contribution < 1.29 is 37.6 Å². The Morgan fingerprint density at radius 2 is 0.663 bits per heavy atom. The van der Waals surface area contributed by atoms with Crippen LogP contribution in [0.25, 0.3) is 0 Å². The predicted octanol–water partition coefficient (Wildman–Crippen LogP) is 21.9. The summed E-state index contributed by atoms with van der Waals surface area (Å²) in [5.74, 6) is -0.880. The number of ether oxygens (including phenoxy) is 2. The Hall–Kier alpha value is -4.11. The van der Waals surface area contributed by atoms with E-state index < -0.39 is 32.5 Å². The number of rotatable bonds is 61. The first kappa shape index (κ1) is 78.9. The van der Waals surface area contributed by atoms with Crippen LogP contribution in [0.1, 0.15) is 271 Å². The van der Waals surface area contributed by atoms with E-state index in [1.54, 1.807) is 0 Å². The summed E-state index contributed by atoms with van der Waals surface area (Å²) in [6.45, 7) is 3.59. The molecule has 2 atom stereocenters. The van der Waals surface area contributed by atoms with Crippen LogP contribution >= 0.6 is 7.82 Å². The molecule has 472 valence electrons. The molecule has 0 aliphatic carbocycles. The van der Waals surface area contributed by atoms with Gasteiger partial charge in [-0.1, -0.05) is 301 Å². The normalized spacial score (nSPS) is 13.9. The Bertz CT molecular complexity index is 1870. The molecule has 0 bridgehead atoms. The van der Waals surface area contributed by atoms with Crippen LogP contribution < -0.4 is 5.73 Å². The first-order valence-electron chi connectivity index (χ1n) is 33.3. The monoisotopic (exact) mass is 1170 g/mol. The smallest absolute Gasteiger partial charge is 0.462 e. The summed E-state index contributed by atoms with van der Waals surface area (Å²) < 4.78 is 33.1. The highest BCUT2D eigenvalue weighted by Crippen LogP contribution is 2.43. The fraction of sp³-hybridized carbons (Fsp3) is 0.644. The largest absolute Gasteiger partial charge is 0.472 e. The zero-order valence-corrected chi connectivity index (χ0v) is 53.8. The number of phosphoric ester groups is 1. The van der Waals surface area contributed by atoms with Gasteiger partial charge in [-0.2, -0.15) is 0 Å². The van der Waals surface area contributed by atoms with E-state index in [9.17, 15) is 19.0 Å². The molecule has 2 unspecified atom stereocenters. The van der Waals surface area contributed by atoms with Crippen molar-refractivity contribution in [3.8, 4) is 0 Å². The Morgan fingerprint density at radius 1 is 0.373 bits per heavy atom. The summed E-state index contributed by atoms with van der Waals surface area (Å²) in [7, 11) is -4.41. The van der Waals surface area contributed by atoms with Gasteiger partial charge in [0.25, 0.3) is 0 Å². The molecule has 0 aromatic heterocycles. The van der Waals surface area contributed by atoms with Crippen LogP contribution in [0.2, 0.25) is 0 Å². The van der Waals surface area contributed by atoms with Gasteiger partial charge < -0.3 is 20.1 Å². The van der Waals surface area contributed by atoms with Crippen molar-refractivity contribution in [1.29, 1.82) is 0 Å². The lowest BCUT2D eigenvalue weighted by atomic mass is 10.0. The molecule has 0 spiro atoms. The van der Waals surface area contributed by atoms with Crippen molar-refractivity contribution in [2.45, 2.75) is 277 Å². The molecular weight excluding hydrogens is 1050 g/mol. The number of hydrogen-bond acceptors (Lipinski definition) is 8. The lowest BCUT2D eigenvalue weighted by Crippen LogP contribution is -2.29. The third kappa shape index (κ3) is 66.9. The number of esters is 2. The maximum atomic E-state index is 12.7. The van der Waals surface area contributed by atoms with Crippen molar-refractivity contribution in [1.82, 2.24) is 0 Å². The lowest BCUT2D eigenvalue weighted by Gasteiger charge is -2.19. The first-order chi connectivity index (χ1) is 40.8. The van der Waals surface area contributed by atoms with Gasteiger partial charge in [-0.25, -0.2) is 4.57 Å². The van der Waals surface area contributed by atoms with Gasteiger partial charge in [0.1, 0.15) is 6.61 Å². The van der Waals surface area contributed by atoms with Crippen LogP contribution in [0.4, 0.5) is 0 Å². The molecule has 0 heterocycles. The molecule has 83 heavy (non-hydrogen) atoms. The number of allylic oxidation sites excluding steroid dienone is 24. The second-order valence-electron chi connectivity index (χ2n) is 21.6. The van der Waals surface area contributed by atoms with Crippen LogP contribution in [-0.2, 0) is 32.7 Å². The van der Waals surface area contributed by atoms with E-state index >= 15 is 0 Å². The van der Waals surface area contributed by atoms with E-state index in [0.717, 1.165) is 109 Å². The van der Waals surface area contributed by atoms with E-state index in [2.05, 4.69) is 160 Å². The van der Waals surface area contributed by atoms with Crippen LogP contribution in [0.15, 0.2) is 146 Å². The van der Waals surface area contributed by atoms with Crippen molar-refractivity contribution >= 4 is 19.8 Å². The molecule has 0 aliphatic heterocycles. The molecule has 0 fully saturated rings. The molecular formula is C73H122NO8P. The maximum absolute atomic E-state index is 12.7. The molecule has 0 aromatic carbocycles. The van der Waals surface area contributed by atoms with Crippen LogP contribution in [0.3, 0.4) is 0 Å².